The van der Waals surface area contributed by atoms with Gasteiger partial charge in [0.1, 0.15) is 11.9 Å². The zero-order valence-corrected chi connectivity index (χ0v) is 9.56. The normalized spacial score (nSPS) is 25.1. The minimum Gasteiger partial charge on any atom is -0.394 e. The van der Waals surface area contributed by atoms with E-state index in [1.165, 1.54) is 12.1 Å². The number of halogens is 1. The molecule has 2 unspecified atom stereocenters. The molecule has 1 amide bonds. The van der Waals surface area contributed by atoms with Crippen molar-refractivity contribution in [1.82, 2.24) is 5.32 Å². The van der Waals surface area contributed by atoms with Gasteiger partial charge in [0.25, 0.3) is 0 Å². The quantitative estimate of drug-likeness (QED) is 0.789. The summed E-state index contributed by atoms with van der Waals surface area (Å²) >= 11 is 0. The molecule has 1 fully saturated rings. The Morgan fingerprint density at radius 3 is 2.71 bits per heavy atom. The van der Waals surface area contributed by atoms with E-state index in [-0.39, 0.29) is 24.4 Å². The fourth-order valence-corrected chi connectivity index (χ4v) is 2.00. The molecule has 2 N–H and O–H groups in total. The van der Waals surface area contributed by atoms with Gasteiger partial charge >= 0.3 is 0 Å². The van der Waals surface area contributed by atoms with Crippen molar-refractivity contribution < 1.29 is 14.3 Å². The highest BCUT2D eigenvalue weighted by molar-refractivity contribution is 5.98. The molecular formula is C12H15FN2O2. The average molecular weight is 238 g/mol. The monoisotopic (exact) mass is 238 g/mol. The van der Waals surface area contributed by atoms with E-state index in [9.17, 15) is 9.18 Å². The predicted octanol–water partition coefficient (Wildman–Crippen LogP) is 0.511. The highest BCUT2D eigenvalue weighted by Crippen LogP contribution is 2.19. The number of aliphatic hydroxyl groups is 1. The van der Waals surface area contributed by atoms with Crippen LogP contribution < -0.4 is 10.2 Å². The first-order chi connectivity index (χ1) is 8.11. The maximum atomic E-state index is 12.8. The van der Waals surface area contributed by atoms with Crippen molar-refractivity contribution in [3.63, 3.8) is 0 Å². The molecule has 1 aliphatic heterocycles. The van der Waals surface area contributed by atoms with Crippen LogP contribution in [0.3, 0.4) is 0 Å². The van der Waals surface area contributed by atoms with Gasteiger partial charge in [-0.15, -0.1) is 0 Å². The number of anilines is 1. The van der Waals surface area contributed by atoms with Crippen molar-refractivity contribution in [3.05, 3.63) is 30.1 Å². The van der Waals surface area contributed by atoms with Crippen molar-refractivity contribution in [1.29, 1.82) is 0 Å². The van der Waals surface area contributed by atoms with E-state index < -0.39 is 6.04 Å². The van der Waals surface area contributed by atoms with Gasteiger partial charge < -0.3 is 10.0 Å². The number of benzene rings is 1. The number of carbonyl (C=O) groups is 1. The van der Waals surface area contributed by atoms with Crippen LogP contribution in [0.5, 0.6) is 0 Å². The van der Waals surface area contributed by atoms with Crippen LogP contribution in [0.25, 0.3) is 0 Å². The minimum absolute atomic E-state index is 0.0925. The molecule has 0 bridgehead atoms. The van der Waals surface area contributed by atoms with Crippen molar-refractivity contribution in [2.24, 2.45) is 0 Å². The molecular weight excluding hydrogens is 223 g/mol. The molecule has 0 spiro atoms. The van der Waals surface area contributed by atoms with E-state index in [4.69, 9.17) is 5.11 Å². The number of nitrogens with zero attached hydrogens (tertiary/aromatic N) is 1. The van der Waals surface area contributed by atoms with Gasteiger partial charge in [0.15, 0.2) is 0 Å². The molecule has 0 saturated carbocycles. The number of piperazine rings is 1. The largest absolute Gasteiger partial charge is 0.394 e. The zero-order chi connectivity index (χ0) is 12.4. The molecule has 1 heterocycles. The second-order valence-electron chi connectivity index (χ2n) is 4.23. The van der Waals surface area contributed by atoms with E-state index in [1.54, 1.807) is 17.0 Å². The van der Waals surface area contributed by atoms with E-state index in [0.29, 0.717) is 12.2 Å². The summed E-state index contributed by atoms with van der Waals surface area (Å²) < 4.78 is 12.8. The van der Waals surface area contributed by atoms with E-state index in [1.807, 2.05) is 6.92 Å². The second kappa shape index (κ2) is 4.81. The second-order valence-corrected chi connectivity index (χ2v) is 4.23. The molecule has 2 atom stereocenters. The first-order valence-electron chi connectivity index (χ1n) is 5.55. The van der Waals surface area contributed by atoms with Crippen LogP contribution in [0.2, 0.25) is 0 Å². The lowest BCUT2D eigenvalue weighted by Gasteiger charge is -2.36. The average Bonchev–Trinajstić information content (AvgIpc) is 2.33. The van der Waals surface area contributed by atoms with Gasteiger partial charge in [-0.05, 0) is 31.2 Å². The Labute approximate surface area is 99.0 Å². The highest BCUT2D eigenvalue weighted by atomic mass is 19.1. The first-order valence-corrected chi connectivity index (χ1v) is 5.55. The molecule has 17 heavy (non-hydrogen) atoms. The maximum Gasteiger partial charge on any atom is 0.246 e. The molecule has 1 aliphatic rings. The van der Waals surface area contributed by atoms with Crippen LogP contribution >= 0.6 is 0 Å². The van der Waals surface area contributed by atoms with Crippen molar-refractivity contribution in [2.75, 3.05) is 18.1 Å². The lowest BCUT2D eigenvalue weighted by Crippen LogP contribution is -2.60. The minimum atomic E-state index is -0.580. The van der Waals surface area contributed by atoms with Gasteiger partial charge in [0.2, 0.25) is 5.91 Å². The van der Waals surface area contributed by atoms with Crippen LogP contribution in [-0.2, 0) is 4.79 Å². The molecule has 2 rings (SSSR count). The summed E-state index contributed by atoms with van der Waals surface area (Å²) in [5.74, 6) is -0.514. The Morgan fingerprint density at radius 1 is 1.47 bits per heavy atom. The third-order valence-electron chi connectivity index (χ3n) is 2.83. The molecule has 1 aromatic carbocycles. The lowest BCUT2D eigenvalue weighted by atomic mass is 10.1. The Hall–Kier alpha value is -1.46. The smallest absolute Gasteiger partial charge is 0.246 e. The standard InChI is InChI=1S/C12H15FN2O2/c1-8-6-15(12(17)11(7-16)14-8)10-4-2-9(13)3-5-10/h2-5,8,11,14,16H,6-7H2,1H3. The fraction of sp³-hybridized carbons (Fsp3) is 0.417. The Morgan fingerprint density at radius 2 is 2.12 bits per heavy atom. The molecule has 0 aromatic heterocycles. The molecule has 4 nitrogen and oxygen atoms in total. The summed E-state index contributed by atoms with van der Waals surface area (Å²) in [5.41, 5.74) is 0.656. The molecule has 5 heteroatoms. The van der Waals surface area contributed by atoms with Gasteiger partial charge in [-0.3, -0.25) is 10.1 Å². The van der Waals surface area contributed by atoms with Gasteiger partial charge in [-0.1, -0.05) is 0 Å². The van der Waals surface area contributed by atoms with Gasteiger partial charge in [-0.2, -0.15) is 0 Å². The van der Waals surface area contributed by atoms with E-state index in [2.05, 4.69) is 5.32 Å². The van der Waals surface area contributed by atoms with Gasteiger partial charge in [-0.25, -0.2) is 4.39 Å². The van der Waals surface area contributed by atoms with Crippen LogP contribution in [0.1, 0.15) is 6.92 Å². The summed E-state index contributed by atoms with van der Waals surface area (Å²) in [6.45, 7) is 2.22. The topological polar surface area (TPSA) is 52.6 Å². The van der Waals surface area contributed by atoms with Crippen molar-refractivity contribution >= 4 is 11.6 Å². The van der Waals surface area contributed by atoms with E-state index >= 15 is 0 Å². The Balaban J connectivity index is 2.24. The number of aliphatic hydroxyl groups excluding tert-OH is 1. The summed E-state index contributed by atoms with van der Waals surface area (Å²) in [5, 5.41) is 12.1. The number of carbonyl (C=O) groups excluding carboxylic acids is 1. The lowest BCUT2D eigenvalue weighted by molar-refractivity contribution is -0.123. The molecule has 1 aromatic rings. The van der Waals surface area contributed by atoms with Crippen LogP contribution in [-0.4, -0.2) is 36.2 Å². The van der Waals surface area contributed by atoms with Crippen molar-refractivity contribution in [2.45, 2.75) is 19.0 Å². The highest BCUT2D eigenvalue weighted by Gasteiger charge is 2.32. The number of hydrogen-bond acceptors (Lipinski definition) is 3. The summed E-state index contributed by atoms with van der Waals surface area (Å²) in [4.78, 5) is 13.6. The third kappa shape index (κ3) is 2.45. The first kappa shape index (κ1) is 12.0. The summed E-state index contributed by atoms with van der Waals surface area (Å²) in [6, 6.07) is 5.30. The number of hydrogen-bond donors (Lipinski definition) is 2. The van der Waals surface area contributed by atoms with Crippen LogP contribution in [0.4, 0.5) is 10.1 Å². The molecule has 1 saturated heterocycles. The molecule has 0 aliphatic carbocycles. The number of amides is 1. The van der Waals surface area contributed by atoms with Crippen LogP contribution in [0, 0.1) is 5.82 Å². The summed E-state index contributed by atoms with van der Waals surface area (Å²) in [7, 11) is 0. The fourth-order valence-electron chi connectivity index (χ4n) is 2.00. The Kier molecular flexibility index (Phi) is 3.40. The summed E-state index contributed by atoms with van der Waals surface area (Å²) in [6.07, 6.45) is 0. The number of rotatable bonds is 2. The van der Waals surface area contributed by atoms with Crippen molar-refractivity contribution in [3.8, 4) is 0 Å². The van der Waals surface area contributed by atoms with Gasteiger partial charge in [0, 0.05) is 18.3 Å². The van der Waals surface area contributed by atoms with Crippen LogP contribution in [0.15, 0.2) is 24.3 Å². The molecule has 92 valence electrons. The maximum absolute atomic E-state index is 12.8. The number of nitrogens with one attached hydrogen (secondary N) is 1. The van der Waals surface area contributed by atoms with E-state index in [0.717, 1.165) is 0 Å². The van der Waals surface area contributed by atoms with Gasteiger partial charge in [0.05, 0.1) is 6.61 Å². The predicted molar refractivity (Wildman–Crippen MR) is 62.2 cm³/mol. The molecule has 0 radical (unpaired) electrons. The SMILES string of the molecule is CC1CN(c2ccc(F)cc2)C(=O)C(CO)N1. The Bertz CT molecular complexity index is 407. The zero-order valence-electron chi connectivity index (χ0n) is 9.56. The third-order valence-corrected chi connectivity index (χ3v) is 2.83.